The largest absolute Gasteiger partial charge is 0.507 e. The molecule has 80 valence electrons. The number of carboxylic acid groups (broad SMARTS) is 1. The highest BCUT2D eigenvalue weighted by atomic mass is 19.1. The molecule has 0 saturated carbocycles. The number of rotatable bonds is 3. The first-order valence-electron chi connectivity index (χ1n) is 3.81. The first-order chi connectivity index (χ1) is 6.97. The molecule has 6 heteroatoms. The highest BCUT2D eigenvalue weighted by Gasteiger charge is 2.24. The minimum Gasteiger partial charge on any atom is -0.507 e. The van der Waals surface area contributed by atoms with Crippen molar-refractivity contribution in [1.82, 2.24) is 0 Å². The topological polar surface area (TPSA) is 83.8 Å². The number of aliphatic carboxylic acids is 1. The molecule has 0 unspecified atom stereocenters. The number of hydrogen-bond donors (Lipinski definition) is 2. The Morgan fingerprint density at radius 1 is 1.40 bits per heavy atom. The van der Waals surface area contributed by atoms with Crippen molar-refractivity contribution in [2.75, 3.05) is 7.11 Å². The molecule has 0 saturated heterocycles. The fourth-order valence-corrected chi connectivity index (χ4v) is 1.06. The van der Waals surface area contributed by atoms with Gasteiger partial charge >= 0.3 is 5.97 Å². The average molecular weight is 214 g/mol. The molecule has 1 rings (SSSR count). The number of phenols is 1. The van der Waals surface area contributed by atoms with Crippen LogP contribution in [-0.4, -0.2) is 29.1 Å². The summed E-state index contributed by atoms with van der Waals surface area (Å²) in [7, 11) is 1.13. The Morgan fingerprint density at radius 2 is 2.00 bits per heavy atom. The Morgan fingerprint density at radius 3 is 2.47 bits per heavy atom. The second kappa shape index (κ2) is 3.95. The Labute approximate surface area is 83.7 Å². The summed E-state index contributed by atoms with van der Waals surface area (Å²) in [5.41, 5.74) is -0.564. The van der Waals surface area contributed by atoms with Crippen LogP contribution in [0.2, 0.25) is 0 Å². The van der Waals surface area contributed by atoms with Crippen molar-refractivity contribution in [2.45, 2.75) is 0 Å². The van der Waals surface area contributed by atoms with Gasteiger partial charge in [0.1, 0.15) is 22.9 Å². The van der Waals surface area contributed by atoms with Crippen LogP contribution in [-0.2, 0) is 4.79 Å². The van der Waals surface area contributed by atoms with Gasteiger partial charge in [0.2, 0.25) is 0 Å². The van der Waals surface area contributed by atoms with E-state index in [1.54, 1.807) is 0 Å². The summed E-state index contributed by atoms with van der Waals surface area (Å²) in [4.78, 5) is 21.5. The van der Waals surface area contributed by atoms with E-state index in [0.717, 1.165) is 13.2 Å². The Balaban J connectivity index is 3.39. The number of phenolic OH excluding ortho intramolecular Hbond substituents is 1. The number of aromatic hydroxyl groups is 1. The van der Waals surface area contributed by atoms with Crippen molar-refractivity contribution >= 4 is 11.8 Å². The maximum Gasteiger partial charge on any atom is 0.377 e. The van der Waals surface area contributed by atoms with E-state index in [1.807, 2.05) is 0 Å². The zero-order valence-electron chi connectivity index (χ0n) is 7.65. The molecule has 1 aromatic carbocycles. The van der Waals surface area contributed by atoms with Gasteiger partial charge in [-0.05, 0) is 0 Å². The summed E-state index contributed by atoms with van der Waals surface area (Å²) in [5.74, 6) is -5.02. The van der Waals surface area contributed by atoms with Gasteiger partial charge in [-0.1, -0.05) is 0 Å². The van der Waals surface area contributed by atoms with Gasteiger partial charge < -0.3 is 14.9 Å². The number of Topliss-reactive ketones (excluding diaryl/α,β-unsaturated/α-hetero) is 1. The smallest absolute Gasteiger partial charge is 0.377 e. The fraction of sp³-hybridized carbons (Fsp3) is 0.111. The monoisotopic (exact) mass is 214 g/mol. The molecule has 0 amide bonds. The van der Waals surface area contributed by atoms with Gasteiger partial charge in [-0.15, -0.1) is 0 Å². The molecule has 1 aromatic rings. The molecule has 0 aliphatic carbocycles. The van der Waals surface area contributed by atoms with Gasteiger partial charge in [0, 0.05) is 12.1 Å². The quantitative estimate of drug-likeness (QED) is 0.574. The van der Waals surface area contributed by atoms with Crippen LogP contribution in [0.15, 0.2) is 12.1 Å². The van der Waals surface area contributed by atoms with Crippen molar-refractivity contribution in [1.29, 1.82) is 0 Å². The Bertz CT molecular complexity index is 427. The zero-order chi connectivity index (χ0) is 11.6. The lowest BCUT2D eigenvalue weighted by Gasteiger charge is -2.07. The average Bonchev–Trinajstić information content (AvgIpc) is 2.15. The lowest BCUT2D eigenvalue weighted by atomic mass is 10.1. The van der Waals surface area contributed by atoms with Crippen LogP contribution >= 0.6 is 0 Å². The second-order valence-corrected chi connectivity index (χ2v) is 2.64. The number of carboxylic acids is 1. The number of carbonyl (C=O) groups excluding carboxylic acids is 1. The van der Waals surface area contributed by atoms with Crippen molar-refractivity contribution < 1.29 is 28.9 Å². The van der Waals surface area contributed by atoms with Gasteiger partial charge in [0.05, 0.1) is 7.11 Å². The molecular weight excluding hydrogens is 207 g/mol. The number of carbonyl (C=O) groups is 2. The van der Waals surface area contributed by atoms with Gasteiger partial charge in [0.25, 0.3) is 5.78 Å². The molecule has 5 nitrogen and oxygen atoms in total. The second-order valence-electron chi connectivity index (χ2n) is 2.64. The number of ketones is 1. The van der Waals surface area contributed by atoms with Crippen molar-refractivity contribution in [2.24, 2.45) is 0 Å². The normalized spacial score (nSPS) is 9.73. The van der Waals surface area contributed by atoms with Gasteiger partial charge in [-0.2, -0.15) is 0 Å². The highest BCUT2D eigenvalue weighted by molar-refractivity contribution is 6.41. The van der Waals surface area contributed by atoms with Crippen LogP contribution in [0.1, 0.15) is 10.4 Å². The summed E-state index contributed by atoms with van der Waals surface area (Å²) in [6.45, 7) is 0. The van der Waals surface area contributed by atoms with Crippen LogP contribution in [0.3, 0.4) is 0 Å². The number of halogens is 1. The number of ether oxygens (including phenoxy) is 1. The summed E-state index contributed by atoms with van der Waals surface area (Å²) in [6.07, 6.45) is 0. The summed E-state index contributed by atoms with van der Waals surface area (Å²) in [5, 5.41) is 17.7. The first kappa shape index (κ1) is 11.0. The summed E-state index contributed by atoms with van der Waals surface area (Å²) in [6, 6.07) is 1.45. The van der Waals surface area contributed by atoms with E-state index in [-0.39, 0.29) is 5.75 Å². The maximum atomic E-state index is 12.8. The van der Waals surface area contributed by atoms with Gasteiger partial charge in [-0.3, -0.25) is 4.79 Å². The molecule has 2 N–H and O–H groups in total. The lowest BCUT2D eigenvalue weighted by molar-refractivity contribution is -0.131. The van der Waals surface area contributed by atoms with Crippen LogP contribution in [0.5, 0.6) is 11.5 Å². The fourth-order valence-electron chi connectivity index (χ4n) is 1.06. The molecule has 0 aromatic heterocycles. The molecule has 0 heterocycles. The molecule has 0 atom stereocenters. The van der Waals surface area contributed by atoms with Crippen LogP contribution in [0, 0.1) is 5.82 Å². The molecule has 0 aliphatic heterocycles. The van der Waals surface area contributed by atoms with E-state index in [2.05, 4.69) is 4.74 Å². The van der Waals surface area contributed by atoms with Crippen LogP contribution in [0.25, 0.3) is 0 Å². The Kier molecular flexibility index (Phi) is 2.89. The van der Waals surface area contributed by atoms with E-state index in [1.165, 1.54) is 0 Å². The van der Waals surface area contributed by atoms with E-state index in [4.69, 9.17) is 5.11 Å². The molecule has 15 heavy (non-hydrogen) atoms. The van der Waals surface area contributed by atoms with E-state index >= 15 is 0 Å². The predicted molar refractivity (Wildman–Crippen MR) is 46.6 cm³/mol. The third-order valence-electron chi connectivity index (χ3n) is 1.69. The van der Waals surface area contributed by atoms with Crippen LogP contribution < -0.4 is 4.74 Å². The minimum atomic E-state index is -1.75. The molecule has 0 fully saturated rings. The van der Waals surface area contributed by atoms with Crippen LogP contribution in [0.4, 0.5) is 4.39 Å². The molecule has 0 aliphatic rings. The van der Waals surface area contributed by atoms with E-state index < -0.39 is 28.9 Å². The van der Waals surface area contributed by atoms with Gasteiger partial charge in [-0.25, -0.2) is 9.18 Å². The molecular formula is C9H7FO5. The number of benzene rings is 1. The first-order valence-corrected chi connectivity index (χ1v) is 3.81. The zero-order valence-corrected chi connectivity index (χ0v) is 7.65. The third-order valence-corrected chi connectivity index (χ3v) is 1.69. The number of methoxy groups -OCH3 is 1. The van der Waals surface area contributed by atoms with E-state index in [0.29, 0.717) is 6.07 Å². The van der Waals surface area contributed by atoms with Gasteiger partial charge in [0.15, 0.2) is 0 Å². The van der Waals surface area contributed by atoms with Crippen molar-refractivity contribution in [3.05, 3.63) is 23.5 Å². The molecule has 0 radical (unpaired) electrons. The SMILES string of the molecule is COc1cc(F)cc(O)c1C(=O)C(=O)O. The summed E-state index contributed by atoms with van der Waals surface area (Å²) >= 11 is 0. The molecule has 0 spiro atoms. The van der Waals surface area contributed by atoms with Crippen molar-refractivity contribution in [3.63, 3.8) is 0 Å². The third kappa shape index (κ3) is 2.04. The van der Waals surface area contributed by atoms with E-state index in [9.17, 15) is 19.1 Å². The number of hydrogen-bond acceptors (Lipinski definition) is 4. The minimum absolute atomic E-state index is 0.320. The molecule has 0 bridgehead atoms. The van der Waals surface area contributed by atoms with Crippen molar-refractivity contribution in [3.8, 4) is 11.5 Å². The standard InChI is InChI=1S/C9H7FO5/c1-15-6-3-4(10)2-5(11)7(6)8(12)9(13)14/h2-3,11H,1H3,(H,13,14). The summed E-state index contributed by atoms with van der Waals surface area (Å²) < 4.78 is 17.4. The predicted octanol–water partition coefficient (Wildman–Crippen LogP) is 0.807. The Hall–Kier alpha value is -2.11. The highest BCUT2D eigenvalue weighted by Crippen LogP contribution is 2.29. The lowest BCUT2D eigenvalue weighted by Crippen LogP contribution is -2.14. The maximum absolute atomic E-state index is 12.8.